The fourth-order valence-corrected chi connectivity index (χ4v) is 4.97. The zero-order chi connectivity index (χ0) is 22.0. The fourth-order valence-electron chi connectivity index (χ4n) is 3.84. The van der Waals surface area contributed by atoms with Crippen molar-refractivity contribution < 1.29 is 14.3 Å². The summed E-state index contributed by atoms with van der Waals surface area (Å²) in [6, 6.07) is 4.18. The van der Waals surface area contributed by atoms with Crippen LogP contribution in [-0.2, 0) is 11.8 Å². The van der Waals surface area contributed by atoms with Crippen molar-refractivity contribution >= 4 is 32.6 Å². The lowest BCUT2D eigenvalue weighted by molar-refractivity contribution is 0.0376. The first-order valence-electron chi connectivity index (χ1n) is 10.5. The highest BCUT2D eigenvalue weighted by Crippen LogP contribution is 2.34. The largest absolute Gasteiger partial charge is 0.479 e. The summed E-state index contributed by atoms with van der Waals surface area (Å²) in [4.78, 5) is 22.6. The Labute approximate surface area is 186 Å². The monoisotopic (exact) mass is 443 g/mol. The van der Waals surface area contributed by atoms with Crippen molar-refractivity contribution in [2.75, 3.05) is 51.4 Å². The van der Waals surface area contributed by atoms with Gasteiger partial charge in [0.2, 0.25) is 5.88 Å². The number of benzene rings is 1. The molecule has 0 radical (unpaired) electrons. The maximum absolute atomic E-state index is 13.6. The van der Waals surface area contributed by atoms with Crippen molar-refractivity contribution in [3.63, 3.8) is 0 Å². The first kappa shape index (κ1) is 21.7. The minimum Gasteiger partial charge on any atom is -0.479 e. The van der Waals surface area contributed by atoms with Crippen LogP contribution in [0.25, 0.3) is 10.2 Å². The van der Waals surface area contributed by atoms with Gasteiger partial charge in [0.15, 0.2) is 5.13 Å². The van der Waals surface area contributed by atoms with Crippen LogP contribution in [-0.4, -0.2) is 72.1 Å². The number of carbonyl (C=O) groups excluding carboxylic acids is 1. The third-order valence-electron chi connectivity index (χ3n) is 5.59. The molecule has 8 nitrogen and oxygen atoms in total. The van der Waals surface area contributed by atoms with E-state index in [0.717, 1.165) is 55.0 Å². The Kier molecular flexibility index (Phi) is 6.54. The number of nitrogens with zero attached hydrogens (tertiary/aromatic N) is 5. The summed E-state index contributed by atoms with van der Waals surface area (Å²) in [5.41, 5.74) is 3.69. The highest BCUT2D eigenvalue weighted by molar-refractivity contribution is 7.22. The lowest BCUT2D eigenvalue weighted by Crippen LogP contribution is -2.39. The standard InChI is InChI=1S/C22H29N5O3S/c1-15-6-7-16(2)19-18(15)23-22(31-19)27(9-5-8-26-10-12-30-13-11-26)21(28)17-14-25(3)24-20(17)29-4/h6-7,14H,5,8-13H2,1-4H3. The number of aryl methyl sites for hydroxylation is 3. The normalized spacial score (nSPS) is 14.8. The van der Waals surface area contributed by atoms with Crippen LogP contribution in [0.15, 0.2) is 18.3 Å². The third-order valence-corrected chi connectivity index (χ3v) is 6.80. The van der Waals surface area contributed by atoms with Crippen LogP contribution >= 0.6 is 11.3 Å². The molecule has 0 saturated carbocycles. The summed E-state index contributed by atoms with van der Waals surface area (Å²) in [6.07, 6.45) is 2.56. The van der Waals surface area contributed by atoms with Gasteiger partial charge in [-0.1, -0.05) is 23.5 Å². The van der Waals surface area contributed by atoms with Gasteiger partial charge >= 0.3 is 0 Å². The predicted molar refractivity (Wildman–Crippen MR) is 122 cm³/mol. The molecule has 1 aliphatic heterocycles. The molecule has 31 heavy (non-hydrogen) atoms. The number of morpholine rings is 1. The molecular formula is C22H29N5O3S. The average Bonchev–Trinajstić information content (AvgIpc) is 3.39. The second-order valence-electron chi connectivity index (χ2n) is 7.86. The van der Waals surface area contributed by atoms with Gasteiger partial charge in [0.05, 0.1) is 30.5 Å². The van der Waals surface area contributed by atoms with Gasteiger partial charge in [-0.05, 0) is 31.4 Å². The van der Waals surface area contributed by atoms with E-state index in [1.807, 2.05) is 0 Å². The number of aromatic nitrogens is 3. The minimum absolute atomic E-state index is 0.138. The molecule has 1 aromatic carbocycles. The van der Waals surface area contributed by atoms with Crippen molar-refractivity contribution in [2.24, 2.45) is 7.05 Å². The van der Waals surface area contributed by atoms with Crippen molar-refractivity contribution in [2.45, 2.75) is 20.3 Å². The lowest BCUT2D eigenvalue weighted by Gasteiger charge is -2.27. The van der Waals surface area contributed by atoms with Crippen LogP contribution in [0.3, 0.4) is 0 Å². The molecule has 0 bridgehead atoms. The highest BCUT2D eigenvalue weighted by atomic mass is 32.1. The molecule has 1 fully saturated rings. The fraction of sp³-hybridized carbons (Fsp3) is 0.500. The van der Waals surface area contributed by atoms with Crippen LogP contribution < -0.4 is 9.64 Å². The lowest BCUT2D eigenvalue weighted by atomic mass is 10.1. The summed E-state index contributed by atoms with van der Waals surface area (Å²) >= 11 is 1.57. The van der Waals surface area contributed by atoms with Gasteiger partial charge in [0.25, 0.3) is 5.91 Å². The molecule has 0 N–H and O–H groups in total. The second kappa shape index (κ2) is 9.33. The van der Waals surface area contributed by atoms with E-state index in [1.54, 1.807) is 34.2 Å². The number of methoxy groups -OCH3 is 1. The topological polar surface area (TPSA) is 72.7 Å². The average molecular weight is 444 g/mol. The molecule has 4 rings (SSSR count). The van der Waals surface area contributed by atoms with E-state index in [2.05, 4.69) is 36.0 Å². The number of hydrogen-bond acceptors (Lipinski definition) is 7. The minimum atomic E-state index is -0.138. The summed E-state index contributed by atoms with van der Waals surface area (Å²) in [5.74, 6) is 0.195. The predicted octanol–water partition coefficient (Wildman–Crippen LogP) is 3.02. The molecule has 1 amide bonds. The molecular weight excluding hydrogens is 414 g/mol. The number of anilines is 1. The zero-order valence-corrected chi connectivity index (χ0v) is 19.4. The van der Waals surface area contributed by atoms with E-state index < -0.39 is 0 Å². The van der Waals surface area contributed by atoms with Crippen LogP contribution in [0.5, 0.6) is 5.88 Å². The molecule has 1 saturated heterocycles. The Morgan fingerprint density at radius 2 is 2.00 bits per heavy atom. The van der Waals surface area contributed by atoms with Gasteiger partial charge in [-0.2, -0.15) is 0 Å². The number of carbonyl (C=O) groups is 1. The molecule has 9 heteroatoms. The van der Waals surface area contributed by atoms with Crippen LogP contribution in [0.1, 0.15) is 27.9 Å². The molecule has 0 aliphatic carbocycles. The number of ether oxygens (including phenoxy) is 2. The van der Waals surface area contributed by atoms with Crippen molar-refractivity contribution in [3.05, 3.63) is 35.0 Å². The van der Waals surface area contributed by atoms with E-state index >= 15 is 0 Å². The van der Waals surface area contributed by atoms with Crippen molar-refractivity contribution in [3.8, 4) is 5.88 Å². The number of fused-ring (bicyclic) bond motifs is 1. The first-order chi connectivity index (χ1) is 15.0. The number of amides is 1. The van der Waals surface area contributed by atoms with E-state index in [4.69, 9.17) is 14.5 Å². The summed E-state index contributed by atoms with van der Waals surface area (Å²) in [6.45, 7) is 9.04. The molecule has 2 aromatic heterocycles. The third kappa shape index (κ3) is 4.58. The van der Waals surface area contributed by atoms with Crippen molar-refractivity contribution in [1.29, 1.82) is 0 Å². The van der Waals surface area contributed by atoms with Gasteiger partial charge in [0.1, 0.15) is 5.56 Å². The summed E-state index contributed by atoms with van der Waals surface area (Å²) in [5, 5.41) is 4.97. The maximum Gasteiger partial charge on any atom is 0.267 e. The van der Waals surface area contributed by atoms with Gasteiger partial charge in [0, 0.05) is 39.4 Å². The number of thiazole rings is 1. The summed E-state index contributed by atoms with van der Waals surface area (Å²) < 4.78 is 13.5. The Balaban J connectivity index is 1.64. The number of rotatable bonds is 7. The molecule has 0 spiro atoms. The molecule has 1 aliphatic rings. The smallest absolute Gasteiger partial charge is 0.267 e. The number of hydrogen-bond donors (Lipinski definition) is 0. The molecule has 3 aromatic rings. The SMILES string of the molecule is COc1nn(C)cc1C(=O)N(CCCN1CCOCC1)c1nc2c(C)ccc(C)c2s1. The van der Waals surface area contributed by atoms with E-state index in [-0.39, 0.29) is 5.91 Å². The maximum atomic E-state index is 13.6. The van der Waals surface area contributed by atoms with Crippen LogP contribution in [0, 0.1) is 13.8 Å². The van der Waals surface area contributed by atoms with Gasteiger partial charge < -0.3 is 9.47 Å². The first-order valence-corrected chi connectivity index (χ1v) is 11.4. The van der Waals surface area contributed by atoms with Gasteiger partial charge in [-0.3, -0.25) is 19.3 Å². The van der Waals surface area contributed by atoms with Crippen LogP contribution in [0.4, 0.5) is 5.13 Å². The van der Waals surface area contributed by atoms with E-state index in [1.165, 1.54) is 12.7 Å². The van der Waals surface area contributed by atoms with Crippen molar-refractivity contribution in [1.82, 2.24) is 19.7 Å². The molecule has 0 atom stereocenters. The Morgan fingerprint density at radius 1 is 1.26 bits per heavy atom. The Hall–Kier alpha value is -2.49. The van der Waals surface area contributed by atoms with Gasteiger partial charge in [-0.25, -0.2) is 4.98 Å². The van der Waals surface area contributed by atoms with E-state index in [0.29, 0.717) is 23.1 Å². The molecule has 0 unspecified atom stereocenters. The summed E-state index contributed by atoms with van der Waals surface area (Å²) in [7, 11) is 3.32. The highest BCUT2D eigenvalue weighted by Gasteiger charge is 2.27. The molecule has 166 valence electrons. The van der Waals surface area contributed by atoms with Crippen LogP contribution in [0.2, 0.25) is 0 Å². The Morgan fingerprint density at radius 3 is 2.71 bits per heavy atom. The Bertz CT molecular complexity index is 1030. The second-order valence-corrected chi connectivity index (χ2v) is 8.84. The van der Waals surface area contributed by atoms with E-state index in [9.17, 15) is 4.79 Å². The molecule has 3 heterocycles. The zero-order valence-electron chi connectivity index (χ0n) is 18.6. The quantitative estimate of drug-likeness (QED) is 0.559. The van der Waals surface area contributed by atoms with Gasteiger partial charge in [-0.15, -0.1) is 5.10 Å².